The number of hydrogen-bond acceptors (Lipinski definition) is 4. The molecule has 0 heterocycles. The summed E-state index contributed by atoms with van der Waals surface area (Å²) in [5.74, 6) is 1.05. The average molecular weight is 293 g/mol. The second-order valence-corrected chi connectivity index (χ2v) is 5.90. The molecule has 0 atom stereocenters. The maximum absolute atomic E-state index is 12.7. The van der Waals surface area contributed by atoms with Gasteiger partial charge in [-0.2, -0.15) is 0 Å². The predicted molar refractivity (Wildman–Crippen MR) is 86.7 cm³/mol. The number of nitrogen functional groups attached to an aromatic ring is 1. The van der Waals surface area contributed by atoms with Gasteiger partial charge in [0.2, 0.25) is 0 Å². The third kappa shape index (κ3) is 5.27. The molecule has 0 unspecified atom stereocenters. The number of amides is 1. The number of anilines is 1. The zero-order valence-electron chi connectivity index (χ0n) is 13.7. The Labute approximate surface area is 127 Å². The molecule has 0 bridgehead atoms. The molecule has 2 N–H and O–H groups in total. The molecule has 0 saturated heterocycles. The average Bonchev–Trinajstić information content (AvgIpc) is 2.42. The van der Waals surface area contributed by atoms with Crippen molar-refractivity contribution < 1.29 is 9.53 Å². The molecular formula is C16H27N3O2. The van der Waals surface area contributed by atoms with Crippen LogP contribution in [0.15, 0.2) is 18.2 Å². The Bertz CT molecular complexity index is 473. The Kier molecular flexibility index (Phi) is 6.49. The molecule has 0 radical (unpaired) electrons. The molecule has 21 heavy (non-hydrogen) atoms. The summed E-state index contributed by atoms with van der Waals surface area (Å²) in [6, 6.07) is 5.19. The fourth-order valence-electron chi connectivity index (χ4n) is 2.07. The molecule has 0 aliphatic heterocycles. The molecular weight excluding hydrogens is 266 g/mol. The van der Waals surface area contributed by atoms with Crippen LogP contribution in [0.2, 0.25) is 0 Å². The van der Waals surface area contributed by atoms with Crippen molar-refractivity contribution in [2.24, 2.45) is 5.92 Å². The van der Waals surface area contributed by atoms with Crippen molar-refractivity contribution in [3.63, 3.8) is 0 Å². The first kappa shape index (κ1) is 17.3. The molecule has 118 valence electrons. The first-order valence-electron chi connectivity index (χ1n) is 7.22. The summed E-state index contributed by atoms with van der Waals surface area (Å²) in [5, 5.41) is 0. The molecule has 1 aromatic rings. The summed E-state index contributed by atoms with van der Waals surface area (Å²) >= 11 is 0. The summed E-state index contributed by atoms with van der Waals surface area (Å²) < 4.78 is 5.12. The van der Waals surface area contributed by atoms with Crippen molar-refractivity contribution in [3.05, 3.63) is 23.8 Å². The maximum atomic E-state index is 12.7. The van der Waals surface area contributed by atoms with Crippen molar-refractivity contribution in [1.82, 2.24) is 9.80 Å². The fraction of sp³-hybridized carbons (Fsp3) is 0.562. The quantitative estimate of drug-likeness (QED) is 0.781. The minimum atomic E-state index is -0.0225. The van der Waals surface area contributed by atoms with Gasteiger partial charge in [0.15, 0.2) is 0 Å². The van der Waals surface area contributed by atoms with Crippen molar-refractivity contribution >= 4 is 11.6 Å². The summed E-state index contributed by atoms with van der Waals surface area (Å²) in [5.41, 5.74) is 6.98. The topological polar surface area (TPSA) is 58.8 Å². The first-order chi connectivity index (χ1) is 9.85. The second-order valence-electron chi connectivity index (χ2n) is 5.90. The zero-order chi connectivity index (χ0) is 16.0. The van der Waals surface area contributed by atoms with Gasteiger partial charge < -0.3 is 20.3 Å². The van der Waals surface area contributed by atoms with Gasteiger partial charge in [-0.25, -0.2) is 0 Å². The normalized spacial score (nSPS) is 11.0. The Balaban J connectivity index is 2.93. The van der Waals surface area contributed by atoms with Gasteiger partial charge in [0.25, 0.3) is 5.91 Å². The molecule has 1 aromatic carbocycles. The van der Waals surface area contributed by atoms with E-state index in [1.807, 2.05) is 19.0 Å². The van der Waals surface area contributed by atoms with Crippen LogP contribution in [0.5, 0.6) is 5.75 Å². The Morgan fingerprint density at radius 1 is 1.29 bits per heavy atom. The SMILES string of the molecule is COc1ccc(C(=O)N(CCN(C)C)CC(C)C)c(N)c1. The van der Waals surface area contributed by atoms with Crippen molar-refractivity contribution in [2.45, 2.75) is 13.8 Å². The van der Waals surface area contributed by atoms with Crippen molar-refractivity contribution in [2.75, 3.05) is 46.6 Å². The van der Waals surface area contributed by atoms with E-state index in [1.54, 1.807) is 25.3 Å². The first-order valence-corrected chi connectivity index (χ1v) is 7.22. The van der Waals surface area contributed by atoms with E-state index in [0.717, 1.165) is 13.1 Å². The molecule has 5 heteroatoms. The molecule has 0 fully saturated rings. The zero-order valence-corrected chi connectivity index (χ0v) is 13.7. The van der Waals surface area contributed by atoms with Crippen molar-refractivity contribution in [3.8, 4) is 5.75 Å². The van der Waals surface area contributed by atoms with Crippen molar-refractivity contribution in [1.29, 1.82) is 0 Å². The van der Waals surface area contributed by atoms with Gasteiger partial charge in [0.1, 0.15) is 5.75 Å². The molecule has 0 aliphatic carbocycles. The number of ether oxygens (including phenoxy) is 1. The van der Waals surface area contributed by atoms with Crippen LogP contribution in [0, 0.1) is 5.92 Å². The van der Waals surface area contributed by atoms with E-state index in [2.05, 4.69) is 18.7 Å². The maximum Gasteiger partial charge on any atom is 0.256 e. The van der Waals surface area contributed by atoms with E-state index in [0.29, 0.717) is 29.5 Å². The number of nitrogens with zero attached hydrogens (tertiary/aromatic N) is 2. The summed E-state index contributed by atoms with van der Waals surface area (Å²) in [4.78, 5) is 16.6. The number of nitrogens with two attached hydrogens (primary N) is 1. The lowest BCUT2D eigenvalue weighted by atomic mass is 10.1. The van der Waals surface area contributed by atoms with Crippen LogP contribution in [-0.4, -0.2) is 56.5 Å². The van der Waals surface area contributed by atoms with E-state index in [9.17, 15) is 4.79 Å². The fourth-order valence-corrected chi connectivity index (χ4v) is 2.07. The lowest BCUT2D eigenvalue weighted by Crippen LogP contribution is -2.39. The Hall–Kier alpha value is -1.75. The highest BCUT2D eigenvalue weighted by Crippen LogP contribution is 2.21. The molecule has 0 aromatic heterocycles. The van der Waals surface area contributed by atoms with Gasteiger partial charge in [-0.3, -0.25) is 4.79 Å². The number of likely N-dealkylation sites (N-methyl/N-ethyl adjacent to an activating group) is 1. The van der Waals surface area contributed by atoms with Crippen LogP contribution in [0.4, 0.5) is 5.69 Å². The lowest BCUT2D eigenvalue weighted by molar-refractivity contribution is 0.0725. The highest BCUT2D eigenvalue weighted by atomic mass is 16.5. The lowest BCUT2D eigenvalue weighted by Gasteiger charge is -2.26. The van der Waals surface area contributed by atoms with E-state index in [4.69, 9.17) is 10.5 Å². The predicted octanol–water partition coefficient (Wildman–Crippen LogP) is 1.94. The van der Waals surface area contributed by atoms with Gasteiger partial charge in [-0.15, -0.1) is 0 Å². The summed E-state index contributed by atoms with van der Waals surface area (Å²) in [7, 11) is 5.58. The van der Waals surface area contributed by atoms with Gasteiger partial charge >= 0.3 is 0 Å². The van der Waals surface area contributed by atoms with E-state index >= 15 is 0 Å². The molecule has 1 amide bonds. The number of carbonyl (C=O) groups is 1. The number of carbonyl (C=O) groups excluding carboxylic acids is 1. The minimum Gasteiger partial charge on any atom is -0.497 e. The van der Waals surface area contributed by atoms with Gasteiger partial charge in [0.05, 0.1) is 12.7 Å². The highest BCUT2D eigenvalue weighted by Gasteiger charge is 2.19. The monoisotopic (exact) mass is 293 g/mol. The van der Waals surface area contributed by atoms with Crippen LogP contribution in [0.3, 0.4) is 0 Å². The third-order valence-electron chi connectivity index (χ3n) is 3.18. The minimum absolute atomic E-state index is 0.0225. The number of methoxy groups -OCH3 is 1. The van der Waals surface area contributed by atoms with E-state index < -0.39 is 0 Å². The van der Waals surface area contributed by atoms with Crippen LogP contribution < -0.4 is 10.5 Å². The highest BCUT2D eigenvalue weighted by molar-refractivity contribution is 5.99. The van der Waals surface area contributed by atoms with Crippen LogP contribution in [-0.2, 0) is 0 Å². The number of rotatable bonds is 7. The largest absolute Gasteiger partial charge is 0.497 e. The summed E-state index contributed by atoms with van der Waals surface area (Å²) in [6.07, 6.45) is 0. The summed E-state index contributed by atoms with van der Waals surface area (Å²) in [6.45, 7) is 6.45. The molecule has 0 spiro atoms. The van der Waals surface area contributed by atoms with Gasteiger partial charge in [0, 0.05) is 31.4 Å². The van der Waals surface area contributed by atoms with Crippen LogP contribution in [0.25, 0.3) is 0 Å². The van der Waals surface area contributed by atoms with E-state index in [-0.39, 0.29) is 5.91 Å². The van der Waals surface area contributed by atoms with Gasteiger partial charge in [-0.05, 0) is 32.1 Å². The molecule has 1 rings (SSSR count). The van der Waals surface area contributed by atoms with Crippen LogP contribution in [0.1, 0.15) is 24.2 Å². The molecule has 5 nitrogen and oxygen atoms in total. The van der Waals surface area contributed by atoms with Gasteiger partial charge in [-0.1, -0.05) is 13.8 Å². The number of hydrogen-bond donors (Lipinski definition) is 1. The second kappa shape index (κ2) is 7.88. The smallest absolute Gasteiger partial charge is 0.256 e. The van der Waals surface area contributed by atoms with E-state index in [1.165, 1.54) is 0 Å². The Morgan fingerprint density at radius 3 is 2.43 bits per heavy atom. The molecule has 0 saturated carbocycles. The standard InChI is InChI=1S/C16H27N3O2/c1-12(2)11-19(9-8-18(3)4)16(20)14-7-6-13(21-5)10-15(14)17/h6-7,10,12H,8-9,11,17H2,1-5H3. The molecule has 0 aliphatic rings. The third-order valence-corrected chi connectivity index (χ3v) is 3.18. The number of benzene rings is 1. The Morgan fingerprint density at radius 2 is 1.95 bits per heavy atom. The van der Waals surface area contributed by atoms with Crippen LogP contribution >= 0.6 is 0 Å².